The van der Waals surface area contributed by atoms with Gasteiger partial charge in [-0.1, -0.05) is 38.2 Å². The van der Waals surface area contributed by atoms with Gasteiger partial charge < -0.3 is 10.6 Å². The molecule has 0 radical (unpaired) electrons. The molecule has 4 rings (SSSR count). The summed E-state index contributed by atoms with van der Waals surface area (Å²) in [6.45, 7) is -0.171. The number of hydrogen-bond donors (Lipinski definition) is 2. The molecule has 0 spiro atoms. The molecule has 0 aromatic carbocycles. The van der Waals surface area contributed by atoms with Crippen LogP contribution in [0, 0.1) is 5.92 Å². The lowest BCUT2D eigenvalue weighted by Gasteiger charge is -2.28. The SMILES string of the molecule is O=C(N[C@@H](CC1CCCCC1)C(=O)NC1CCCN(S(=O)(=O)c2ccccn2)CC1=O)c1ccsc1. The summed E-state index contributed by atoms with van der Waals surface area (Å²) in [5.74, 6) is -0.752. The van der Waals surface area contributed by atoms with Crippen LogP contribution >= 0.6 is 11.3 Å². The van der Waals surface area contributed by atoms with E-state index in [1.54, 1.807) is 29.0 Å². The summed E-state index contributed by atoms with van der Waals surface area (Å²) < 4.78 is 27.0. The van der Waals surface area contributed by atoms with Crippen LogP contribution in [0.3, 0.4) is 0 Å². The highest BCUT2D eigenvalue weighted by Crippen LogP contribution is 2.28. The van der Waals surface area contributed by atoms with Gasteiger partial charge in [-0.05, 0) is 48.8 Å². The largest absolute Gasteiger partial charge is 0.344 e. The summed E-state index contributed by atoms with van der Waals surface area (Å²) in [4.78, 5) is 43.0. The number of ketones is 1. The Balaban J connectivity index is 1.43. The number of sulfonamides is 1. The molecule has 2 fully saturated rings. The van der Waals surface area contributed by atoms with E-state index in [0.717, 1.165) is 30.0 Å². The van der Waals surface area contributed by atoms with Crippen molar-refractivity contribution < 1.29 is 22.8 Å². The highest BCUT2D eigenvalue weighted by molar-refractivity contribution is 7.89. The zero-order valence-corrected chi connectivity index (χ0v) is 21.7. The molecule has 2 aromatic rings. The number of nitrogens with one attached hydrogen (secondary N) is 2. The zero-order chi connectivity index (χ0) is 25.5. The summed E-state index contributed by atoms with van der Waals surface area (Å²) in [5.41, 5.74) is 0.502. The van der Waals surface area contributed by atoms with Gasteiger partial charge in [-0.3, -0.25) is 14.4 Å². The Hall–Kier alpha value is -2.63. The molecule has 2 aliphatic rings. The lowest BCUT2D eigenvalue weighted by molar-refractivity contribution is -0.129. The highest BCUT2D eigenvalue weighted by atomic mass is 32.2. The van der Waals surface area contributed by atoms with E-state index in [2.05, 4.69) is 15.6 Å². The van der Waals surface area contributed by atoms with Crippen LogP contribution in [0.15, 0.2) is 46.2 Å². The topological polar surface area (TPSA) is 126 Å². The summed E-state index contributed by atoms with van der Waals surface area (Å²) in [7, 11) is -3.91. The third-order valence-corrected chi connectivity index (χ3v) is 9.32. The van der Waals surface area contributed by atoms with Gasteiger partial charge in [-0.25, -0.2) is 13.4 Å². The van der Waals surface area contributed by atoms with Crippen molar-refractivity contribution in [2.24, 2.45) is 5.92 Å². The standard InChI is InChI=1S/C25H32N4O5S2/c30-22-16-29(36(33,34)23-10-4-5-12-26-23)13-6-9-20(22)27-25(32)21(15-18-7-2-1-3-8-18)28-24(31)19-11-14-35-17-19/h4-5,10-12,14,17-18,20-21H,1-3,6-9,13,15-16H2,(H,27,32)(H,28,31)/t20?,21-/m0/s1. The van der Waals surface area contributed by atoms with E-state index in [4.69, 9.17) is 0 Å². The molecule has 2 amide bonds. The Kier molecular flexibility index (Phi) is 8.86. The van der Waals surface area contributed by atoms with Crippen LogP contribution in [0.4, 0.5) is 0 Å². The van der Waals surface area contributed by atoms with Gasteiger partial charge in [-0.15, -0.1) is 0 Å². The Morgan fingerprint density at radius 1 is 1.11 bits per heavy atom. The maximum absolute atomic E-state index is 13.3. The molecule has 36 heavy (non-hydrogen) atoms. The van der Waals surface area contributed by atoms with E-state index in [0.29, 0.717) is 30.7 Å². The number of carbonyl (C=O) groups is 3. The van der Waals surface area contributed by atoms with Crippen LogP contribution in [0.1, 0.15) is 61.7 Å². The van der Waals surface area contributed by atoms with Crippen molar-refractivity contribution in [3.8, 4) is 0 Å². The van der Waals surface area contributed by atoms with E-state index >= 15 is 0 Å². The van der Waals surface area contributed by atoms with Crippen LogP contribution in [0.25, 0.3) is 0 Å². The number of carbonyl (C=O) groups excluding carboxylic acids is 3. The van der Waals surface area contributed by atoms with Crippen molar-refractivity contribution in [1.29, 1.82) is 0 Å². The maximum atomic E-state index is 13.3. The minimum atomic E-state index is -3.91. The van der Waals surface area contributed by atoms with Crippen molar-refractivity contribution in [3.63, 3.8) is 0 Å². The molecule has 1 unspecified atom stereocenters. The Morgan fingerprint density at radius 3 is 2.61 bits per heavy atom. The molecule has 2 N–H and O–H groups in total. The molecular formula is C25H32N4O5S2. The van der Waals surface area contributed by atoms with Crippen molar-refractivity contribution in [2.45, 2.75) is 68.5 Å². The Labute approximate surface area is 215 Å². The fourth-order valence-corrected chi connectivity index (χ4v) is 6.89. The van der Waals surface area contributed by atoms with Crippen LogP contribution in [0.5, 0.6) is 0 Å². The molecule has 2 atom stereocenters. The number of thiophene rings is 1. The predicted octanol–water partition coefficient (Wildman–Crippen LogP) is 2.75. The first-order valence-corrected chi connectivity index (χ1v) is 14.8. The molecule has 0 bridgehead atoms. The van der Waals surface area contributed by atoms with E-state index in [1.165, 1.54) is 30.0 Å². The number of amides is 2. The van der Waals surface area contributed by atoms with Gasteiger partial charge in [0.15, 0.2) is 10.8 Å². The smallest absolute Gasteiger partial charge is 0.260 e. The monoisotopic (exact) mass is 532 g/mol. The second-order valence-electron chi connectivity index (χ2n) is 9.45. The normalized spacial score (nSPS) is 20.9. The number of rotatable bonds is 8. The molecule has 194 valence electrons. The molecular weight excluding hydrogens is 500 g/mol. The summed E-state index contributed by atoms with van der Waals surface area (Å²) in [5, 5.41) is 9.12. The van der Waals surface area contributed by atoms with Gasteiger partial charge in [0.2, 0.25) is 5.91 Å². The van der Waals surface area contributed by atoms with Gasteiger partial charge in [0.05, 0.1) is 18.2 Å². The fraction of sp³-hybridized carbons (Fsp3) is 0.520. The first kappa shape index (κ1) is 26.4. The van der Waals surface area contributed by atoms with Crippen molar-refractivity contribution >= 4 is 39.0 Å². The third kappa shape index (κ3) is 6.57. The van der Waals surface area contributed by atoms with Crippen molar-refractivity contribution in [1.82, 2.24) is 19.9 Å². The molecule has 1 aliphatic carbocycles. The molecule has 1 saturated heterocycles. The number of pyridine rings is 1. The van der Waals surface area contributed by atoms with E-state index in [-0.39, 0.29) is 29.8 Å². The van der Waals surface area contributed by atoms with Crippen LogP contribution in [0.2, 0.25) is 0 Å². The molecule has 9 nitrogen and oxygen atoms in total. The third-order valence-electron chi connectivity index (χ3n) is 6.88. The molecule has 3 heterocycles. The van der Waals surface area contributed by atoms with E-state index in [1.807, 2.05) is 0 Å². The first-order valence-electron chi connectivity index (χ1n) is 12.4. The molecule has 1 saturated carbocycles. The van der Waals surface area contributed by atoms with Crippen molar-refractivity contribution in [3.05, 3.63) is 46.8 Å². The minimum absolute atomic E-state index is 0.107. The van der Waals surface area contributed by atoms with Crippen LogP contribution < -0.4 is 10.6 Å². The maximum Gasteiger partial charge on any atom is 0.260 e. The van der Waals surface area contributed by atoms with Gasteiger partial charge in [0, 0.05) is 18.1 Å². The molecule has 11 heteroatoms. The number of aromatic nitrogens is 1. The van der Waals surface area contributed by atoms with E-state index in [9.17, 15) is 22.8 Å². The van der Waals surface area contributed by atoms with E-state index < -0.39 is 28.0 Å². The quantitative estimate of drug-likeness (QED) is 0.539. The van der Waals surface area contributed by atoms with Gasteiger partial charge >= 0.3 is 0 Å². The summed E-state index contributed by atoms with van der Waals surface area (Å²) >= 11 is 1.41. The first-order chi connectivity index (χ1) is 17.3. The zero-order valence-electron chi connectivity index (χ0n) is 20.1. The van der Waals surface area contributed by atoms with Gasteiger partial charge in [0.25, 0.3) is 15.9 Å². The lowest BCUT2D eigenvalue weighted by atomic mass is 9.84. The molecule has 2 aromatic heterocycles. The molecule has 1 aliphatic heterocycles. The Bertz CT molecular complexity index is 1150. The second kappa shape index (κ2) is 12.1. The number of nitrogens with zero attached hydrogens (tertiary/aromatic N) is 2. The van der Waals surface area contributed by atoms with Gasteiger partial charge in [0.1, 0.15) is 6.04 Å². The van der Waals surface area contributed by atoms with Crippen LogP contribution in [-0.2, 0) is 19.6 Å². The fourth-order valence-electron chi connectivity index (χ4n) is 4.88. The van der Waals surface area contributed by atoms with Crippen LogP contribution in [-0.4, -0.2) is 60.5 Å². The Morgan fingerprint density at radius 2 is 1.92 bits per heavy atom. The number of hydrogen-bond acceptors (Lipinski definition) is 7. The minimum Gasteiger partial charge on any atom is -0.344 e. The second-order valence-corrected chi connectivity index (χ2v) is 12.1. The van der Waals surface area contributed by atoms with Crippen molar-refractivity contribution in [2.75, 3.05) is 13.1 Å². The lowest BCUT2D eigenvalue weighted by Crippen LogP contribution is -2.53. The summed E-state index contributed by atoms with van der Waals surface area (Å²) in [6, 6.07) is 4.74. The number of Topliss-reactive ketones (excluding diaryl/α,β-unsaturated/α-hetero) is 1. The predicted molar refractivity (Wildman–Crippen MR) is 136 cm³/mol. The average molecular weight is 533 g/mol. The highest BCUT2D eigenvalue weighted by Gasteiger charge is 2.35. The van der Waals surface area contributed by atoms with Gasteiger partial charge in [-0.2, -0.15) is 15.6 Å². The average Bonchev–Trinajstić information content (AvgIpc) is 3.36. The summed E-state index contributed by atoms with van der Waals surface area (Å²) in [6.07, 6.45) is 8.09.